The maximum Gasteiger partial charge on any atom is 0.346 e. The van der Waals surface area contributed by atoms with Gasteiger partial charge in [0.25, 0.3) is 0 Å². The van der Waals surface area contributed by atoms with E-state index in [0.717, 1.165) is 11.3 Å². The minimum Gasteiger partial charge on any atom is -0.493 e. The summed E-state index contributed by atoms with van der Waals surface area (Å²) in [5.74, 6) is -0.888. The second-order valence-electron chi connectivity index (χ2n) is 5.88. The number of rotatable bonds is 6. The van der Waals surface area contributed by atoms with Crippen molar-refractivity contribution in [2.45, 2.75) is 0 Å². The Morgan fingerprint density at radius 3 is 2.43 bits per heavy atom. The lowest BCUT2D eigenvalue weighted by atomic mass is 10.2. The molecule has 0 aromatic heterocycles. The third-order valence-electron chi connectivity index (χ3n) is 3.99. The van der Waals surface area contributed by atoms with Gasteiger partial charge in [0.15, 0.2) is 11.5 Å². The summed E-state index contributed by atoms with van der Waals surface area (Å²) in [6.07, 6.45) is 1.66. The van der Waals surface area contributed by atoms with Crippen LogP contribution in [0.4, 0.5) is 10.1 Å². The summed E-state index contributed by atoms with van der Waals surface area (Å²) in [7, 11) is 3.31. The Hall–Kier alpha value is -3.67. The Balaban J connectivity index is 1.76. The molecule has 0 saturated carbocycles. The van der Waals surface area contributed by atoms with E-state index in [1.807, 2.05) is 37.4 Å². The molecule has 0 bridgehead atoms. The maximum absolute atomic E-state index is 13.8. The van der Waals surface area contributed by atoms with Crippen molar-refractivity contribution in [3.8, 4) is 11.5 Å². The number of hydrogen-bond acceptors (Lipinski definition) is 5. The van der Waals surface area contributed by atoms with Gasteiger partial charge in [0, 0.05) is 7.05 Å². The Morgan fingerprint density at radius 2 is 1.71 bits per heavy atom. The Labute approximate surface area is 162 Å². The predicted molar refractivity (Wildman–Crippen MR) is 107 cm³/mol. The van der Waals surface area contributed by atoms with Crippen LogP contribution >= 0.6 is 0 Å². The van der Waals surface area contributed by atoms with E-state index in [1.54, 1.807) is 35.5 Å². The summed E-state index contributed by atoms with van der Waals surface area (Å²) < 4.78 is 24.3. The van der Waals surface area contributed by atoms with Crippen molar-refractivity contribution in [2.75, 3.05) is 19.2 Å². The molecule has 0 fully saturated rings. The largest absolute Gasteiger partial charge is 0.493 e. The molecule has 0 aliphatic rings. The van der Waals surface area contributed by atoms with Gasteiger partial charge in [0.05, 0.1) is 24.6 Å². The van der Waals surface area contributed by atoms with E-state index in [2.05, 4.69) is 5.10 Å². The zero-order chi connectivity index (χ0) is 19.9. The predicted octanol–water partition coefficient (Wildman–Crippen LogP) is 4.52. The molecular formula is C22H19FN2O3. The number of halogens is 1. The van der Waals surface area contributed by atoms with E-state index in [9.17, 15) is 9.18 Å². The van der Waals surface area contributed by atoms with Gasteiger partial charge in [-0.15, -0.1) is 0 Å². The van der Waals surface area contributed by atoms with Crippen molar-refractivity contribution in [3.63, 3.8) is 0 Å². The molecular weight excluding hydrogens is 359 g/mol. The molecule has 0 spiro atoms. The number of methoxy groups -OCH3 is 1. The first-order valence-electron chi connectivity index (χ1n) is 8.56. The third-order valence-corrected chi connectivity index (χ3v) is 3.99. The topological polar surface area (TPSA) is 51.1 Å². The Morgan fingerprint density at radius 1 is 1.00 bits per heavy atom. The van der Waals surface area contributed by atoms with Gasteiger partial charge in [-0.1, -0.05) is 30.3 Å². The molecule has 6 heteroatoms. The molecule has 0 heterocycles. The first kappa shape index (κ1) is 19.1. The first-order valence-corrected chi connectivity index (χ1v) is 8.56. The van der Waals surface area contributed by atoms with E-state index in [0.29, 0.717) is 5.75 Å². The normalized spacial score (nSPS) is 10.7. The van der Waals surface area contributed by atoms with Crippen molar-refractivity contribution in [1.29, 1.82) is 0 Å². The zero-order valence-corrected chi connectivity index (χ0v) is 15.5. The molecule has 142 valence electrons. The fourth-order valence-electron chi connectivity index (χ4n) is 2.49. The molecule has 0 aliphatic carbocycles. The Kier molecular flexibility index (Phi) is 6.01. The Bertz CT molecular complexity index is 990. The minimum absolute atomic E-state index is 0.139. The number of hydrogen-bond donors (Lipinski definition) is 0. The lowest BCUT2D eigenvalue weighted by molar-refractivity contribution is 0.0725. The molecule has 0 amide bonds. The smallest absolute Gasteiger partial charge is 0.346 e. The number of carbonyl (C=O) groups excluding carboxylic acids is 1. The van der Waals surface area contributed by atoms with Crippen LogP contribution in [0.2, 0.25) is 0 Å². The molecule has 28 heavy (non-hydrogen) atoms. The average molecular weight is 378 g/mol. The quantitative estimate of drug-likeness (QED) is 0.274. The van der Waals surface area contributed by atoms with E-state index in [-0.39, 0.29) is 11.3 Å². The maximum atomic E-state index is 13.8. The van der Waals surface area contributed by atoms with Crippen LogP contribution in [0.1, 0.15) is 15.9 Å². The van der Waals surface area contributed by atoms with Crippen LogP contribution in [-0.2, 0) is 0 Å². The molecule has 0 radical (unpaired) electrons. The molecule has 0 unspecified atom stereocenters. The molecule has 3 rings (SSSR count). The van der Waals surface area contributed by atoms with Crippen LogP contribution in [0.5, 0.6) is 11.5 Å². The van der Waals surface area contributed by atoms with Gasteiger partial charge >= 0.3 is 5.97 Å². The van der Waals surface area contributed by atoms with Crippen molar-refractivity contribution < 1.29 is 18.7 Å². The van der Waals surface area contributed by atoms with E-state index in [1.165, 1.54) is 25.3 Å². The van der Waals surface area contributed by atoms with Crippen LogP contribution in [0.25, 0.3) is 0 Å². The lowest BCUT2D eigenvalue weighted by Crippen LogP contribution is -2.11. The van der Waals surface area contributed by atoms with Gasteiger partial charge in [0.1, 0.15) is 5.82 Å². The summed E-state index contributed by atoms with van der Waals surface area (Å²) in [5, 5.41) is 6.12. The van der Waals surface area contributed by atoms with Gasteiger partial charge in [-0.2, -0.15) is 5.10 Å². The highest BCUT2D eigenvalue weighted by Crippen LogP contribution is 2.28. The number of carbonyl (C=O) groups is 1. The number of hydrazone groups is 1. The number of ether oxygens (including phenoxy) is 2. The molecule has 0 saturated heterocycles. The third kappa shape index (κ3) is 4.54. The lowest BCUT2D eigenvalue weighted by Gasteiger charge is -2.13. The van der Waals surface area contributed by atoms with Crippen LogP contribution in [-0.4, -0.2) is 26.3 Å². The van der Waals surface area contributed by atoms with Gasteiger partial charge in [0.2, 0.25) is 0 Å². The number of para-hydroxylation sites is 1. The van der Waals surface area contributed by atoms with E-state index >= 15 is 0 Å². The van der Waals surface area contributed by atoms with Crippen molar-refractivity contribution in [3.05, 3.63) is 89.7 Å². The van der Waals surface area contributed by atoms with Crippen molar-refractivity contribution >= 4 is 17.9 Å². The standard InChI is InChI=1S/C22H19FN2O3/c1-25(17-8-4-3-5-9-17)24-15-16-12-13-20(21(14-16)27-2)28-22(26)18-10-6-7-11-19(18)23/h3-15H,1-2H3/b24-15-. The highest BCUT2D eigenvalue weighted by molar-refractivity contribution is 5.92. The average Bonchev–Trinajstić information content (AvgIpc) is 2.73. The summed E-state index contributed by atoms with van der Waals surface area (Å²) >= 11 is 0. The zero-order valence-electron chi connectivity index (χ0n) is 15.5. The highest BCUT2D eigenvalue weighted by Gasteiger charge is 2.16. The summed E-state index contributed by atoms with van der Waals surface area (Å²) in [4.78, 5) is 12.2. The van der Waals surface area contributed by atoms with Crippen molar-refractivity contribution in [1.82, 2.24) is 0 Å². The fraction of sp³-hybridized carbons (Fsp3) is 0.0909. The van der Waals surface area contributed by atoms with Crippen LogP contribution in [0.15, 0.2) is 77.9 Å². The number of esters is 1. The summed E-state index contributed by atoms with van der Waals surface area (Å²) in [5.41, 5.74) is 1.56. The second kappa shape index (κ2) is 8.81. The van der Waals surface area contributed by atoms with Crippen molar-refractivity contribution in [2.24, 2.45) is 5.10 Å². The first-order chi connectivity index (χ1) is 13.6. The molecule has 5 nitrogen and oxygen atoms in total. The molecule has 3 aromatic rings. The SMILES string of the molecule is COc1cc(/C=N\N(C)c2ccccc2)ccc1OC(=O)c1ccccc1F. The summed E-state index contributed by atoms with van der Waals surface area (Å²) in [6.45, 7) is 0. The molecule has 3 aromatic carbocycles. The van der Waals surface area contributed by atoms with Gasteiger partial charge < -0.3 is 9.47 Å². The number of anilines is 1. The number of benzene rings is 3. The van der Waals surface area contributed by atoms with Crippen LogP contribution in [0.3, 0.4) is 0 Å². The monoisotopic (exact) mass is 378 g/mol. The number of nitrogens with zero attached hydrogens (tertiary/aromatic N) is 2. The molecule has 0 aliphatic heterocycles. The van der Waals surface area contributed by atoms with Gasteiger partial charge in [-0.05, 0) is 48.0 Å². The minimum atomic E-state index is -0.790. The van der Waals surface area contributed by atoms with E-state index in [4.69, 9.17) is 9.47 Å². The summed E-state index contributed by atoms with van der Waals surface area (Å²) in [6, 6.07) is 20.3. The van der Waals surface area contributed by atoms with E-state index < -0.39 is 11.8 Å². The fourth-order valence-corrected chi connectivity index (χ4v) is 2.49. The highest BCUT2D eigenvalue weighted by atomic mass is 19.1. The molecule has 0 N–H and O–H groups in total. The van der Waals surface area contributed by atoms with Gasteiger partial charge in [-0.25, -0.2) is 9.18 Å². The second-order valence-corrected chi connectivity index (χ2v) is 5.88. The molecule has 0 atom stereocenters. The van der Waals surface area contributed by atoms with Crippen LogP contribution in [0, 0.1) is 5.82 Å². The van der Waals surface area contributed by atoms with Gasteiger partial charge in [-0.3, -0.25) is 5.01 Å². The van der Waals surface area contributed by atoms with Crippen LogP contribution < -0.4 is 14.5 Å².